The van der Waals surface area contributed by atoms with E-state index in [2.05, 4.69) is 35.1 Å². The molecule has 1 aliphatic heterocycles. The van der Waals surface area contributed by atoms with Crippen molar-refractivity contribution in [1.82, 2.24) is 14.9 Å². The van der Waals surface area contributed by atoms with Crippen LogP contribution in [0.4, 0.5) is 4.79 Å². The van der Waals surface area contributed by atoms with Crippen molar-refractivity contribution in [2.75, 3.05) is 13.1 Å². The molecule has 126 valence electrons. The summed E-state index contributed by atoms with van der Waals surface area (Å²) in [6, 6.07) is 6.14. The van der Waals surface area contributed by atoms with Crippen LogP contribution in [-0.2, 0) is 4.74 Å². The summed E-state index contributed by atoms with van der Waals surface area (Å²) in [6.45, 7) is 8.88. The number of fused-ring (bicyclic) bond motifs is 1. The number of benzene rings is 1. The molecule has 0 aliphatic carbocycles. The fourth-order valence-electron chi connectivity index (χ4n) is 2.87. The monoisotopic (exact) mass is 325 g/mol. The number of aryl methyl sites for hydroxylation is 1. The minimum Gasteiger partial charge on any atom is -0.444 e. The van der Waals surface area contributed by atoms with Crippen LogP contribution in [0.15, 0.2) is 30.6 Å². The number of nitrogens with zero attached hydrogens (tertiary/aromatic N) is 3. The van der Waals surface area contributed by atoms with E-state index in [0.717, 1.165) is 34.2 Å². The third-order valence-electron chi connectivity index (χ3n) is 4.03. The summed E-state index contributed by atoms with van der Waals surface area (Å²) in [7, 11) is 0. The second-order valence-electron chi connectivity index (χ2n) is 7.10. The molecule has 2 heterocycles. The summed E-state index contributed by atoms with van der Waals surface area (Å²) >= 11 is 0. The lowest BCUT2D eigenvalue weighted by atomic mass is 10.00. The van der Waals surface area contributed by atoms with E-state index in [1.54, 1.807) is 11.2 Å². The van der Waals surface area contributed by atoms with Crippen molar-refractivity contribution in [1.29, 1.82) is 0 Å². The normalized spacial score (nSPS) is 15.3. The van der Waals surface area contributed by atoms with Gasteiger partial charge in [0, 0.05) is 18.5 Å². The maximum Gasteiger partial charge on any atom is 0.410 e. The van der Waals surface area contributed by atoms with Crippen molar-refractivity contribution in [3.05, 3.63) is 41.9 Å². The van der Waals surface area contributed by atoms with Gasteiger partial charge in [-0.15, -0.1) is 0 Å². The van der Waals surface area contributed by atoms with Gasteiger partial charge in [-0.1, -0.05) is 24.3 Å². The summed E-state index contributed by atoms with van der Waals surface area (Å²) in [5.41, 5.74) is 3.78. The Morgan fingerprint density at radius 2 is 2.04 bits per heavy atom. The Balaban J connectivity index is 1.84. The first-order valence-electron chi connectivity index (χ1n) is 8.23. The van der Waals surface area contributed by atoms with Crippen molar-refractivity contribution in [3.8, 4) is 0 Å². The highest BCUT2D eigenvalue weighted by molar-refractivity contribution is 5.91. The van der Waals surface area contributed by atoms with E-state index in [-0.39, 0.29) is 6.09 Å². The molecule has 0 unspecified atom stereocenters. The lowest BCUT2D eigenvalue weighted by molar-refractivity contribution is 0.0270. The molecular formula is C19H23N3O2. The Hall–Kier alpha value is -2.43. The van der Waals surface area contributed by atoms with Gasteiger partial charge in [0.2, 0.25) is 0 Å². The van der Waals surface area contributed by atoms with Crippen molar-refractivity contribution in [2.45, 2.75) is 39.7 Å². The molecule has 0 N–H and O–H groups in total. The highest BCUT2D eigenvalue weighted by Crippen LogP contribution is 2.28. The summed E-state index contributed by atoms with van der Waals surface area (Å²) in [5, 5.41) is 1.06. The molecule has 0 saturated carbocycles. The molecule has 0 radical (unpaired) electrons. The number of carbonyl (C=O) groups is 1. The van der Waals surface area contributed by atoms with Crippen molar-refractivity contribution >= 4 is 22.6 Å². The fourth-order valence-corrected chi connectivity index (χ4v) is 2.87. The van der Waals surface area contributed by atoms with Crippen LogP contribution in [0.2, 0.25) is 0 Å². The molecule has 0 spiro atoms. The van der Waals surface area contributed by atoms with Crippen LogP contribution < -0.4 is 0 Å². The molecule has 1 amide bonds. The number of hydrogen-bond acceptors (Lipinski definition) is 4. The molecule has 1 aromatic heterocycles. The zero-order valence-electron chi connectivity index (χ0n) is 14.7. The molecule has 0 atom stereocenters. The Morgan fingerprint density at radius 3 is 2.71 bits per heavy atom. The molecule has 2 aromatic rings. The van der Waals surface area contributed by atoms with Gasteiger partial charge >= 0.3 is 6.09 Å². The number of aromatic nitrogens is 2. The van der Waals surface area contributed by atoms with E-state index < -0.39 is 5.60 Å². The maximum atomic E-state index is 12.2. The summed E-state index contributed by atoms with van der Waals surface area (Å²) in [5.74, 6) is 0. The van der Waals surface area contributed by atoms with Crippen LogP contribution in [0, 0.1) is 6.92 Å². The van der Waals surface area contributed by atoms with E-state index in [1.807, 2.05) is 26.8 Å². The summed E-state index contributed by atoms with van der Waals surface area (Å²) < 4.78 is 5.44. The van der Waals surface area contributed by atoms with Crippen LogP contribution in [0.3, 0.4) is 0 Å². The number of ether oxygens (including phenoxy) is 1. The Bertz CT molecular complexity index is 806. The van der Waals surface area contributed by atoms with E-state index in [0.29, 0.717) is 13.1 Å². The predicted molar refractivity (Wildman–Crippen MR) is 94.7 cm³/mol. The molecule has 3 rings (SSSR count). The molecule has 0 saturated heterocycles. The first-order valence-corrected chi connectivity index (χ1v) is 8.23. The van der Waals surface area contributed by atoms with Crippen LogP contribution in [0.1, 0.15) is 38.4 Å². The van der Waals surface area contributed by atoms with E-state index in [1.165, 1.54) is 0 Å². The zero-order valence-corrected chi connectivity index (χ0v) is 14.7. The third kappa shape index (κ3) is 3.40. The number of para-hydroxylation sites is 1. The molecule has 1 aliphatic rings. The van der Waals surface area contributed by atoms with Gasteiger partial charge in [-0.3, -0.25) is 0 Å². The summed E-state index contributed by atoms with van der Waals surface area (Å²) in [6.07, 6.45) is 4.18. The van der Waals surface area contributed by atoms with E-state index >= 15 is 0 Å². The molecule has 5 heteroatoms. The molecule has 0 bridgehead atoms. The zero-order chi connectivity index (χ0) is 17.3. The number of carbonyl (C=O) groups excluding carboxylic acids is 1. The highest BCUT2D eigenvalue weighted by atomic mass is 16.6. The van der Waals surface area contributed by atoms with Crippen molar-refractivity contribution in [3.63, 3.8) is 0 Å². The molecule has 1 aromatic carbocycles. The van der Waals surface area contributed by atoms with Gasteiger partial charge in [0.15, 0.2) is 0 Å². The van der Waals surface area contributed by atoms with Crippen LogP contribution >= 0.6 is 0 Å². The second-order valence-corrected chi connectivity index (χ2v) is 7.10. The van der Waals surface area contributed by atoms with Gasteiger partial charge in [0.1, 0.15) is 11.9 Å². The number of hydrogen-bond donors (Lipinski definition) is 0. The number of amides is 1. The average Bonchev–Trinajstić information content (AvgIpc) is 2.53. The second kappa shape index (κ2) is 6.23. The average molecular weight is 325 g/mol. The molecule has 0 fully saturated rings. The van der Waals surface area contributed by atoms with Gasteiger partial charge < -0.3 is 9.64 Å². The fraction of sp³-hybridized carbons (Fsp3) is 0.421. The quantitative estimate of drug-likeness (QED) is 0.796. The first-order chi connectivity index (χ1) is 11.3. The lowest BCUT2D eigenvalue weighted by Crippen LogP contribution is -2.39. The first kappa shape index (κ1) is 16.4. The van der Waals surface area contributed by atoms with Crippen LogP contribution in [-0.4, -0.2) is 39.7 Å². The molecular weight excluding hydrogens is 302 g/mol. The van der Waals surface area contributed by atoms with Gasteiger partial charge in [-0.2, -0.15) is 0 Å². The Morgan fingerprint density at radius 1 is 1.25 bits per heavy atom. The van der Waals surface area contributed by atoms with Crippen LogP contribution in [0.25, 0.3) is 16.5 Å². The SMILES string of the molecule is Cc1cccc2c(C3=CCN(C(=O)OC(C)(C)C)CC3)ncnc12. The molecule has 24 heavy (non-hydrogen) atoms. The van der Waals surface area contributed by atoms with Crippen molar-refractivity contribution in [2.24, 2.45) is 0 Å². The van der Waals surface area contributed by atoms with Crippen LogP contribution in [0.5, 0.6) is 0 Å². The standard InChI is InChI=1S/C19H23N3O2/c1-13-6-5-7-15-16(13)20-12-21-17(15)14-8-10-22(11-9-14)18(23)24-19(2,3)4/h5-8,12H,9-11H2,1-4H3. The van der Waals surface area contributed by atoms with Gasteiger partial charge in [-0.05, 0) is 45.3 Å². The molecule has 5 nitrogen and oxygen atoms in total. The van der Waals surface area contributed by atoms with Gasteiger partial charge in [0.25, 0.3) is 0 Å². The highest BCUT2D eigenvalue weighted by Gasteiger charge is 2.24. The smallest absolute Gasteiger partial charge is 0.410 e. The third-order valence-corrected chi connectivity index (χ3v) is 4.03. The largest absolute Gasteiger partial charge is 0.444 e. The van der Waals surface area contributed by atoms with E-state index in [4.69, 9.17) is 4.74 Å². The summed E-state index contributed by atoms with van der Waals surface area (Å²) in [4.78, 5) is 22.8. The van der Waals surface area contributed by atoms with Gasteiger partial charge in [0.05, 0.1) is 11.2 Å². The van der Waals surface area contributed by atoms with E-state index in [9.17, 15) is 4.79 Å². The lowest BCUT2D eigenvalue weighted by Gasteiger charge is -2.29. The minimum atomic E-state index is -0.471. The van der Waals surface area contributed by atoms with Gasteiger partial charge in [-0.25, -0.2) is 14.8 Å². The number of rotatable bonds is 1. The Labute approximate surface area is 142 Å². The minimum absolute atomic E-state index is 0.263. The maximum absolute atomic E-state index is 12.2. The Kier molecular flexibility index (Phi) is 4.26. The predicted octanol–water partition coefficient (Wildman–Crippen LogP) is 3.96. The topological polar surface area (TPSA) is 55.3 Å². The van der Waals surface area contributed by atoms with Crippen molar-refractivity contribution < 1.29 is 9.53 Å².